The fourth-order valence-electron chi connectivity index (χ4n) is 2.79. The number of aryl methyl sites for hydroxylation is 1. The first-order valence-electron chi connectivity index (χ1n) is 8.18. The summed E-state index contributed by atoms with van der Waals surface area (Å²) in [5, 5.41) is 2.92. The lowest BCUT2D eigenvalue weighted by atomic mass is 10.00. The van der Waals surface area contributed by atoms with E-state index in [-0.39, 0.29) is 5.91 Å². The minimum atomic E-state index is -0.213. The van der Waals surface area contributed by atoms with Crippen molar-refractivity contribution in [3.8, 4) is 0 Å². The Bertz CT molecular complexity index is 742. The number of hydrogen-bond donors (Lipinski definition) is 1. The van der Waals surface area contributed by atoms with Gasteiger partial charge in [0.15, 0.2) is 0 Å². The molecule has 1 aliphatic rings. The van der Waals surface area contributed by atoms with Crippen LogP contribution in [0.2, 0.25) is 0 Å². The molecule has 1 fully saturated rings. The number of anilines is 2. The first-order chi connectivity index (χ1) is 11.5. The number of rotatable bonds is 3. The maximum atomic E-state index is 12.5. The van der Waals surface area contributed by atoms with Gasteiger partial charge in [-0.2, -0.15) is 0 Å². The van der Waals surface area contributed by atoms with E-state index >= 15 is 0 Å². The maximum absolute atomic E-state index is 12.5. The Labute approximate surface area is 150 Å². The molecule has 0 spiro atoms. The lowest BCUT2D eigenvalue weighted by Crippen LogP contribution is -2.34. The molecule has 0 saturated carbocycles. The zero-order chi connectivity index (χ0) is 17.1. The molecule has 0 atom stereocenters. The van der Waals surface area contributed by atoms with Gasteiger partial charge in [0.2, 0.25) is 5.95 Å². The van der Waals surface area contributed by atoms with E-state index < -0.39 is 0 Å². The van der Waals surface area contributed by atoms with Gasteiger partial charge in [0.05, 0.1) is 0 Å². The SMILES string of the molecule is Cc1cc(Br)ccc1NC(=O)c1ccnc(N2CCC(C)CC2)n1. The third-order valence-corrected chi connectivity index (χ3v) is 4.87. The van der Waals surface area contributed by atoms with Crippen molar-refractivity contribution >= 4 is 33.5 Å². The molecule has 1 aliphatic heterocycles. The van der Waals surface area contributed by atoms with Crippen molar-refractivity contribution < 1.29 is 4.79 Å². The van der Waals surface area contributed by atoms with Crippen LogP contribution < -0.4 is 10.2 Å². The summed E-state index contributed by atoms with van der Waals surface area (Å²) >= 11 is 3.43. The van der Waals surface area contributed by atoms with Gasteiger partial charge in [-0.3, -0.25) is 4.79 Å². The molecule has 5 nitrogen and oxygen atoms in total. The van der Waals surface area contributed by atoms with Gasteiger partial charge in [0, 0.05) is 29.4 Å². The van der Waals surface area contributed by atoms with Gasteiger partial charge in [-0.1, -0.05) is 22.9 Å². The molecule has 2 heterocycles. The molecular formula is C18H21BrN4O. The van der Waals surface area contributed by atoms with E-state index in [1.165, 1.54) is 0 Å². The normalized spacial score (nSPS) is 15.4. The minimum absolute atomic E-state index is 0.213. The highest BCUT2D eigenvalue weighted by Gasteiger charge is 2.19. The van der Waals surface area contributed by atoms with E-state index in [1.807, 2.05) is 25.1 Å². The highest BCUT2D eigenvalue weighted by molar-refractivity contribution is 9.10. The second-order valence-corrected chi connectivity index (χ2v) is 7.24. The van der Waals surface area contributed by atoms with E-state index in [0.717, 1.165) is 47.6 Å². The van der Waals surface area contributed by atoms with E-state index in [1.54, 1.807) is 12.3 Å². The Balaban J connectivity index is 1.74. The summed E-state index contributed by atoms with van der Waals surface area (Å²) in [7, 11) is 0. The van der Waals surface area contributed by atoms with Crippen molar-refractivity contribution in [2.45, 2.75) is 26.7 Å². The van der Waals surface area contributed by atoms with Crippen LogP contribution in [0.3, 0.4) is 0 Å². The number of halogens is 1. The number of carbonyl (C=O) groups excluding carboxylic acids is 1. The highest BCUT2D eigenvalue weighted by atomic mass is 79.9. The van der Waals surface area contributed by atoms with Crippen molar-refractivity contribution in [2.24, 2.45) is 5.92 Å². The monoisotopic (exact) mass is 388 g/mol. The molecule has 1 amide bonds. The predicted octanol–water partition coefficient (Wildman–Crippen LogP) is 4.04. The molecule has 3 rings (SSSR count). The van der Waals surface area contributed by atoms with Crippen LogP contribution >= 0.6 is 15.9 Å². The summed E-state index contributed by atoms with van der Waals surface area (Å²) in [5.41, 5.74) is 2.17. The quantitative estimate of drug-likeness (QED) is 0.861. The van der Waals surface area contributed by atoms with Crippen LogP contribution in [0.1, 0.15) is 35.8 Å². The summed E-state index contributed by atoms with van der Waals surface area (Å²) in [6, 6.07) is 7.41. The van der Waals surface area contributed by atoms with Crippen LogP contribution in [0.4, 0.5) is 11.6 Å². The van der Waals surface area contributed by atoms with Crippen molar-refractivity contribution in [2.75, 3.05) is 23.3 Å². The van der Waals surface area contributed by atoms with E-state index in [2.05, 4.69) is 43.0 Å². The summed E-state index contributed by atoms with van der Waals surface area (Å²) < 4.78 is 0.988. The summed E-state index contributed by atoms with van der Waals surface area (Å²) in [4.78, 5) is 23.5. The number of amides is 1. The largest absolute Gasteiger partial charge is 0.341 e. The summed E-state index contributed by atoms with van der Waals surface area (Å²) in [6.07, 6.45) is 3.93. The zero-order valence-corrected chi connectivity index (χ0v) is 15.5. The number of nitrogens with one attached hydrogen (secondary N) is 1. The maximum Gasteiger partial charge on any atom is 0.274 e. The molecule has 24 heavy (non-hydrogen) atoms. The van der Waals surface area contributed by atoms with Crippen molar-refractivity contribution in [3.05, 3.63) is 46.2 Å². The Morgan fingerprint density at radius 1 is 1.29 bits per heavy atom. The number of aromatic nitrogens is 2. The Hall–Kier alpha value is -1.95. The Morgan fingerprint density at radius 2 is 2.04 bits per heavy atom. The third-order valence-electron chi connectivity index (χ3n) is 4.38. The average molecular weight is 389 g/mol. The van der Waals surface area contributed by atoms with Crippen LogP contribution in [-0.2, 0) is 0 Å². The second kappa shape index (κ2) is 7.30. The standard InChI is InChI=1S/C18H21BrN4O/c1-12-6-9-23(10-7-12)18-20-8-5-16(22-18)17(24)21-15-4-3-14(19)11-13(15)2/h3-5,8,11-12H,6-7,9-10H2,1-2H3,(H,21,24). The third kappa shape index (κ3) is 3.93. The number of benzene rings is 1. The Kier molecular flexibility index (Phi) is 5.14. The van der Waals surface area contributed by atoms with Crippen molar-refractivity contribution in [1.29, 1.82) is 0 Å². The van der Waals surface area contributed by atoms with Gasteiger partial charge in [-0.05, 0) is 55.5 Å². The van der Waals surface area contributed by atoms with Crippen LogP contribution in [0.15, 0.2) is 34.9 Å². The summed E-state index contributed by atoms with van der Waals surface area (Å²) in [6.45, 7) is 6.11. The second-order valence-electron chi connectivity index (χ2n) is 6.32. The first-order valence-corrected chi connectivity index (χ1v) is 8.98. The molecule has 0 bridgehead atoms. The molecule has 2 aromatic rings. The smallest absolute Gasteiger partial charge is 0.274 e. The summed E-state index contributed by atoms with van der Waals surface area (Å²) in [5.74, 6) is 1.17. The molecular weight excluding hydrogens is 368 g/mol. The van der Waals surface area contributed by atoms with Crippen LogP contribution in [-0.4, -0.2) is 29.0 Å². The van der Waals surface area contributed by atoms with Gasteiger partial charge in [-0.25, -0.2) is 9.97 Å². The van der Waals surface area contributed by atoms with Gasteiger partial charge < -0.3 is 10.2 Å². The predicted molar refractivity (Wildman–Crippen MR) is 99.5 cm³/mol. The molecule has 0 aliphatic carbocycles. The highest BCUT2D eigenvalue weighted by Crippen LogP contribution is 2.22. The lowest BCUT2D eigenvalue weighted by Gasteiger charge is -2.30. The van der Waals surface area contributed by atoms with E-state index in [4.69, 9.17) is 0 Å². The van der Waals surface area contributed by atoms with E-state index in [9.17, 15) is 4.79 Å². The van der Waals surface area contributed by atoms with E-state index in [0.29, 0.717) is 11.6 Å². The van der Waals surface area contributed by atoms with Gasteiger partial charge >= 0.3 is 0 Å². The van der Waals surface area contributed by atoms with Crippen LogP contribution in [0, 0.1) is 12.8 Å². The number of nitrogens with zero attached hydrogens (tertiary/aromatic N) is 3. The molecule has 1 aromatic heterocycles. The van der Waals surface area contributed by atoms with Gasteiger partial charge in [0.25, 0.3) is 5.91 Å². The van der Waals surface area contributed by atoms with Gasteiger partial charge in [0.1, 0.15) is 5.69 Å². The van der Waals surface area contributed by atoms with Crippen molar-refractivity contribution in [3.63, 3.8) is 0 Å². The zero-order valence-electron chi connectivity index (χ0n) is 13.9. The molecule has 126 valence electrons. The number of piperidine rings is 1. The van der Waals surface area contributed by atoms with Crippen LogP contribution in [0.5, 0.6) is 0 Å². The molecule has 1 aromatic carbocycles. The Morgan fingerprint density at radius 3 is 2.75 bits per heavy atom. The van der Waals surface area contributed by atoms with Crippen molar-refractivity contribution in [1.82, 2.24) is 9.97 Å². The fraction of sp³-hybridized carbons (Fsp3) is 0.389. The fourth-order valence-corrected chi connectivity index (χ4v) is 3.27. The van der Waals surface area contributed by atoms with Crippen LogP contribution in [0.25, 0.3) is 0 Å². The van der Waals surface area contributed by atoms with Gasteiger partial charge in [-0.15, -0.1) is 0 Å². The average Bonchev–Trinajstić information content (AvgIpc) is 2.58. The first kappa shape index (κ1) is 16.9. The molecule has 0 radical (unpaired) electrons. The molecule has 6 heteroatoms. The molecule has 1 saturated heterocycles. The molecule has 1 N–H and O–H groups in total. The number of hydrogen-bond acceptors (Lipinski definition) is 4. The molecule has 0 unspecified atom stereocenters. The topological polar surface area (TPSA) is 58.1 Å². The lowest BCUT2D eigenvalue weighted by molar-refractivity contribution is 0.102. The number of carbonyl (C=O) groups is 1. The minimum Gasteiger partial charge on any atom is -0.341 e.